The normalized spacial score (nSPS) is 11.3. The fraction of sp³-hybridized carbons (Fsp3) is 0.455. The van der Waals surface area contributed by atoms with E-state index in [9.17, 15) is 4.79 Å². The van der Waals surface area contributed by atoms with Crippen LogP contribution in [0.25, 0.3) is 0 Å². The van der Waals surface area contributed by atoms with Gasteiger partial charge in [0.2, 0.25) is 0 Å². The molecule has 0 bridgehead atoms. The molecule has 0 amide bonds. The Kier molecular flexibility index (Phi) is 3.96. The van der Waals surface area contributed by atoms with E-state index in [2.05, 4.69) is 20.2 Å². The lowest BCUT2D eigenvalue weighted by Crippen LogP contribution is -2.19. The van der Waals surface area contributed by atoms with Crippen LogP contribution in [-0.4, -0.2) is 24.7 Å². The van der Waals surface area contributed by atoms with E-state index in [1.54, 1.807) is 4.57 Å². The SMILES string of the molecule is Cc1nc(Cl)c(Sc2n[nH]c(=O)n2C(C)C)nc1C. The molecule has 2 rings (SSSR count). The van der Waals surface area contributed by atoms with Gasteiger partial charge in [-0.1, -0.05) is 11.6 Å². The first-order valence-electron chi connectivity index (χ1n) is 5.75. The Morgan fingerprint density at radius 3 is 2.53 bits per heavy atom. The van der Waals surface area contributed by atoms with Crippen LogP contribution >= 0.6 is 23.4 Å². The Morgan fingerprint density at radius 1 is 1.26 bits per heavy atom. The largest absolute Gasteiger partial charge is 0.344 e. The maximum atomic E-state index is 11.6. The second kappa shape index (κ2) is 5.34. The molecule has 2 heterocycles. The fourth-order valence-electron chi connectivity index (χ4n) is 1.52. The fourth-order valence-corrected chi connectivity index (χ4v) is 2.78. The molecule has 1 N–H and O–H groups in total. The number of aryl methyl sites for hydroxylation is 2. The summed E-state index contributed by atoms with van der Waals surface area (Å²) in [6.07, 6.45) is 0. The van der Waals surface area contributed by atoms with E-state index in [-0.39, 0.29) is 11.7 Å². The molecule has 2 aromatic heterocycles. The summed E-state index contributed by atoms with van der Waals surface area (Å²) >= 11 is 7.30. The lowest BCUT2D eigenvalue weighted by Gasteiger charge is -2.09. The van der Waals surface area contributed by atoms with Gasteiger partial charge < -0.3 is 0 Å². The molecule has 0 aliphatic heterocycles. The van der Waals surface area contributed by atoms with Gasteiger partial charge >= 0.3 is 5.69 Å². The predicted octanol–water partition coefficient (Wildman–Crippen LogP) is 2.36. The van der Waals surface area contributed by atoms with Crippen molar-refractivity contribution in [3.8, 4) is 0 Å². The Bertz CT molecular complexity index is 664. The highest BCUT2D eigenvalue weighted by atomic mass is 35.5. The van der Waals surface area contributed by atoms with Crippen molar-refractivity contribution < 1.29 is 0 Å². The number of nitrogens with zero attached hydrogens (tertiary/aromatic N) is 4. The second-order valence-electron chi connectivity index (χ2n) is 4.37. The molecular formula is C11H14ClN5OS. The van der Waals surface area contributed by atoms with Gasteiger partial charge in [-0.25, -0.2) is 19.9 Å². The van der Waals surface area contributed by atoms with Crippen molar-refractivity contribution >= 4 is 23.4 Å². The van der Waals surface area contributed by atoms with Crippen LogP contribution in [0.15, 0.2) is 15.0 Å². The average Bonchev–Trinajstić information content (AvgIpc) is 2.67. The van der Waals surface area contributed by atoms with Crippen molar-refractivity contribution in [2.75, 3.05) is 0 Å². The van der Waals surface area contributed by atoms with E-state index < -0.39 is 0 Å². The highest BCUT2D eigenvalue weighted by molar-refractivity contribution is 7.99. The maximum Gasteiger partial charge on any atom is 0.344 e. The first-order valence-corrected chi connectivity index (χ1v) is 6.95. The lowest BCUT2D eigenvalue weighted by atomic mass is 10.4. The van der Waals surface area contributed by atoms with Gasteiger partial charge in [-0.2, -0.15) is 0 Å². The lowest BCUT2D eigenvalue weighted by molar-refractivity contribution is 0.534. The smallest absolute Gasteiger partial charge is 0.267 e. The summed E-state index contributed by atoms with van der Waals surface area (Å²) < 4.78 is 1.55. The number of nitrogens with one attached hydrogen (secondary N) is 1. The third kappa shape index (κ3) is 2.82. The predicted molar refractivity (Wildman–Crippen MR) is 73.9 cm³/mol. The molecule has 0 saturated carbocycles. The first-order chi connectivity index (χ1) is 8.90. The van der Waals surface area contributed by atoms with E-state index in [0.29, 0.717) is 15.3 Å². The third-order valence-electron chi connectivity index (χ3n) is 2.61. The molecule has 0 fully saturated rings. The summed E-state index contributed by atoms with van der Waals surface area (Å²) in [5, 5.41) is 7.81. The van der Waals surface area contributed by atoms with Gasteiger partial charge in [0.15, 0.2) is 10.3 Å². The van der Waals surface area contributed by atoms with Gasteiger partial charge in [-0.05, 0) is 39.5 Å². The van der Waals surface area contributed by atoms with Crippen molar-refractivity contribution in [2.45, 2.75) is 43.9 Å². The number of hydrogen-bond acceptors (Lipinski definition) is 5. The van der Waals surface area contributed by atoms with Crippen LogP contribution in [-0.2, 0) is 0 Å². The van der Waals surface area contributed by atoms with Crippen molar-refractivity contribution in [3.05, 3.63) is 27.0 Å². The minimum absolute atomic E-state index is 0.00651. The third-order valence-corrected chi connectivity index (χ3v) is 3.94. The molecule has 6 nitrogen and oxygen atoms in total. The Morgan fingerprint density at radius 2 is 1.89 bits per heavy atom. The first kappa shape index (κ1) is 14.1. The van der Waals surface area contributed by atoms with Gasteiger partial charge in [0, 0.05) is 6.04 Å². The van der Waals surface area contributed by atoms with Crippen LogP contribution in [0.4, 0.5) is 0 Å². The summed E-state index contributed by atoms with van der Waals surface area (Å²) in [4.78, 5) is 20.2. The molecule has 0 atom stereocenters. The molecule has 0 saturated heterocycles. The van der Waals surface area contributed by atoms with Gasteiger partial charge in [-0.3, -0.25) is 4.57 Å². The van der Waals surface area contributed by atoms with Crippen molar-refractivity contribution in [2.24, 2.45) is 0 Å². The van der Waals surface area contributed by atoms with Crippen molar-refractivity contribution in [1.82, 2.24) is 24.7 Å². The van der Waals surface area contributed by atoms with E-state index in [4.69, 9.17) is 11.6 Å². The molecule has 0 aliphatic rings. The minimum atomic E-state index is -0.245. The molecule has 2 aromatic rings. The molecule has 0 unspecified atom stereocenters. The number of H-pyrrole nitrogens is 1. The zero-order valence-corrected chi connectivity index (χ0v) is 12.6. The van der Waals surface area contributed by atoms with E-state index in [0.717, 1.165) is 11.4 Å². The summed E-state index contributed by atoms with van der Waals surface area (Å²) in [6, 6.07) is 0.00651. The van der Waals surface area contributed by atoms with Crippen molar-refractivity contribution in [3.63, 3.8) is 0 Å². The number of halogens is 1. The summed E-state index contributed by atoms with van der Waals surface area (Å²) in [5.41, 5.74) is 1.35. The number of aromatic nitrogens is 5. The monoisotopic (exact) mass is 299 g/mol. The second-order valence-corrected chi connectivity index (χ2v) is 5.68. The summed E-state index contributed by atoms with van der Waals surface area (Å²) in [5.74, 6) is 0. The molecule has 8 heteroatoms. The van der Waals surface area contributed by atoms with Gasteiger partial charge in [0.1, 0.15) is 5.03 Å². The maximum absolute atomic E-state index is 11.6. The Labute approximate surface area is 119 Å². The number of aromatic amines is 1. The topological polar surface area (TPSA) is 76.5 Å². The van der Waals surface area contributed by atoms with E-state index >= 15 is 0 Å². The van der Waals surface area contributed by atoms with Gasteiger partial charge in [-0.15, -0.1) is 5.10 Å². The van der Waals surface area contributed by atoms with Crippen LogP contribution < -0.4 is 5.69 Å². The molecular weight excluding hydrogens is 286 g/mol. The summed E-state index contributed by atoms with van der Waals surface area (Å²) in [6.45, 7) is 7.54. The summed E-state index contributed by atoms with van der Waals surface area (Å²) in [7, 11) is 0. The molecule has 0 radical (unpaired) electrons. The van der Waals surface area contributed by atoms with Crippen LogP contribution in [0.2, 0.25) is 5.15 Å². The number of rotatable bonds is 3. The zero-order chi connectivity index (χ0) is 14.2. The van der Waals surface area contributed by atoms with Crippen LogP contribution in [0, 0.1) is 13.8 Å². The van der Waals surface area contributed by atoms with Gasteiger partial charge in [0.25, 0.3) is 0 Å². The highest BCUT2D eigenvalue weighted by Crippen LogP contribution is 2.30. The van der Waals surface area contributed by atoms with Crippen LogP contribution in [0.3, 0.4) is 0 Å². The minimum Gasteiger partial charge on any atom is -0.267 e. The zero-order valence-electron chi connectivity index (χ0n) is 11.1. The standard InChI is InChI=1S/C11H14ClN5OS/c1-5(2)17-10(18)15-16-11(17)19-9-8(12)13-6(3)7(4)14-9/h5H,1-4H3,(H,15,18). The van der Waals surface area contributed by atoms with E-state index in [1.807, 2.05) is 27.7 Å². The van der Waals surface area contributed by atoms with Gasteiger partial charge in [0.05, 0.1) is 11.4 Å². The van der Waals surface area contributed by atoms with E-state index in [1.165, 1.54) is 11.8 Å². The molecule has 102 valence electrons. The molecule has 0 aliphatic carbocycles. The average molecular weight is 300 g/mol. The Hall–Kier alpha value is -1.34. The molecule has 19 heavy (non-hydrogen) atoms. The van der Waals surface area contributed by atoms with Crippen LogP contribution in [0.1, 0.15) is 31.3 Å². The molecule has 0 aromatic carbocycles. The molecule has 0 spiro atoms. The number of hydrogen-bond donors (Lipinski definition) is 1. The van der Waals surface area contributed by atoms with Crippen LogP contribution in [0.5, 0.6) is 0 Å². The Balaban J connectivity index is 2.42. The quantitative estimate of drug-likeness (QED) is 0.941. The highest BCUT2D eigenvalue weighted by Gasteiger charge is 2.16. The van der Waals surface area contributed by atoms with Crippen molar-refractivity contribution in [1.29, 1.82) is 0 Å².